The van der Waals surface area contributed by atoms with Crippen molar-refractivity contribution in [2.75, 3.05) is 5.32 Å². The van der Waals surface area contributed by atoms with Crippen molar-refractivity contribution in [2.24, 2.45) is 0 Å². The largest absolute Gasteiger partial charge is 0.296 e. The zero-order chi connectivity index (χ0) is 19.1. The Morgan fingerprint density at radius 1 is 1.23 bits per heavy atom. The molecule has 0 atom stereocenters. The molecule has 9 heteroatoms. The van der Waals surface area contributed by atoms with Crippen molar-refractivity contribution >= 4 is 32.4 Å². The van der Waals surface area contributed by atoms with E-state index in [9.17, 15) is 13.2 Å². The van der Waals surface area contributed by atoms with E-state index in [1.807, 2.05) is 0 Å². The Hall–Kier alpha value is -1.84. The number of aromatic nitrogens is 2. The fourth-order valence-corrected chi connectivity index (χ4v) is 4.77. The van der Waals surface area contributed by atoms with Crippen LogP contribution in [0.2, 0.25) is 0 Å². The SMILES string of the molecule is Cc1ccc(S(=O)(=O)NC(C)(C)C)cc1C(=O)Nc1nnc(C2CC2)s1. The molecule has 1 aromatic carbocycles. The van der Waals surface area contributed by atoms with Crippen LogP contribution in [0.1, 0.15) is 60.5 Å². The maximum Gasteiger partial charge on any atom is 0.257 e. The van der Waals surface area contributed by atoms with Gasteiger partial charge in [-0.05, 0) is 58.2 Å². The molecule has 26 heavy (non-hydrogen) atoms. The van der Waals surface area contributed by atoms with Crippen LogP contribution in [0, 0.1) is 6.92 Å². The topological polar surface area (TPSA) is 101 Å². The first kappa shape index (κ1) is 18.9. The van der Waals surface area contributed by atoms with Gasteiger partial charge in [0.15, 0.2) is 0 Å². The summed E-state index contributed by atoms with van der Waals surface area (Å²) in [5, 5.41) is 12.2. The van der Waals surface area contributed by atoms with Gasteiger partial charge in [-0.2, -0.15) is 0 Å². The molecule has 3 rings (SSSR count). The second-order valence-corrected chi connectivity index (χ2v) is 10.2. The molecule has 1 aliphatic rings. The van der Waals surface area contributed by atoms with Crippen LogP contribution in [0.15, 0.2) is 23.1 Å². The molecule has 1 heterocycles. The molecule has 0 bridgehead atoms. The van der Waals surface area contributed by atoms with Crippen LogP contribution in [0.5, 0.6) is 0 Å². The molecular formula is C17H22N4O3S2. The van der Waals surface area contributed by atoms with Crippen molar-refractivity contribution in [2.45, 2.75) is 56.9 Å². The fourth-order valence-electron chi connectivity index (χ4n) is 2.42. The van der Waals surface area contributed by atoms with Crippen molar-refractivity contribution in [1.29, 1.82) is 0 Å². The number of hydrogen-bond donors (Lipinski definition) is 2. The average molecular weight is 395 g/mol. The quantitative estimate of drug-likeness (QED) is 0.812. The lowest BCUT2D eigenvalue weighted by Gasteiger charge is -2.20. The first-order valence-electron chi connectivity index (χ1n) is 8.34. The summed E-state index contributed by atoms with van der Waals surface area (Å²) in [5.41, 5.74) is 0.367. The van der Waals surface area contributed by atoms with Gasteiger partial charge in [-0.25, -0.2) is 13.1 Å². The number of rotatable bonds is 5. The molecule has 140 valence electrons. The van der Waals surface area contributed by atoms with Crippen molar-refractivity contribution in [1.82, 2.24) is 14.9 Å². The van der Waals surface area contributed by atoms with Crippen LogP contribution in [-0.4, -0.2) is 30.1 Å². The molecule has 1 saturated carbocycles. The van der Waals surface area contributed by atoms with Crippen LogP contribution in [0.25, 0.3) is 0 Å². The van der Waals surface area contributed by atoms with Crippen molar-refractivity contribution < 1.29 is 13.2 Å². The number of hydrogen-bond acceptors (Lipinski definition) is 6. The van der Waals surface area contributed by atoms with E-state index in [0.29, 0.717) is 22.2 Å². The number of aryl methyl sites for hydroxylation is 1. The van der Waals surface area contributed by atoms with Gasteiger partial charge in [0, 0.05) is 17.0 Å². The first-order valence-corrected chi connectivity index (χ1v) is 10.6. The number of sulfonamides is 1. The zero-order valence-corrected chi connectivity index (χ0v) is 16.8. The molecule has 1 amide bonds. The summed E-state index contributed by atoms with van der Waals surface area (Å²) in [6, 6.07) is 4.51. The zero-order valence-electron chi connectivity index (χ0n) is 15.2. The van der Waals surface area contributed by atoms with Gasteiger partial charge in [0.25, 0.3) is 5.91 Å². The highest BCUT2D eigenvalue weighted by molar-refractivity contribution is 7.89. The maximum atomic E-state index is 12.6. The van der Waals surface area contributed by atoms with E-state index >= 15 is 0 Å². The van der Waals surface area contributed by atoms with E-state index in [2.05, 4.69) is 20.2 Å². The number of carbonyl (C=O) groups excluding carboxylic acids is 1. The molecule has 0 aliphatic heterocycles. The summed E-state index contributed by atoms with van der Waals surface area (Å²) in [4.78, 5) is 12.7. The van der Waals surface area contributed by atoms with Gasteiger partial charge in [-0.3, -0.25) is 10.1 Å². The van der Waals surface area contributed by atoms with Gasteiger partial charge in [0.05, 0.1) is 4.90 Å². The fraction of sp³-hybridized carbons (Fsp3) is 0.471. The molecule has 0 saturated heterocycles. The molecule has 0 radical (unpaired) electrons. The van der Waals surface area contributed by atoms with E-state index in [0.717, 1.165) is 17.8 Å². The van der Waals surface area contributed by atoms with Crippen LogP contribution in [0.3, 0.4) is 0 Å². The Morgan fingerprint density at radius 3 is 2.54 bits per heavy atom. The van der Waals surface area contributed by atoms with Gasteiger partial charge >= 0.3 is 0 Å². The Kier molecular flexibility index (Phi) is 4.89. The maximum absolute atomic E-state index is 12.6. The second-order valence-electron chi connectivity index (χ2n) is 7.51. The smallest absolute Gasteiger partial charge is 0.257 e. The standard InChI is InChI=1S/C17H22N4O3S2/c1-10-5-8-12(26(23,24)21-17(2,3)4)9-13(10)14(22)18-16-20-19-15(25-16)11-6-7-11/h5,8-9,11,21H,6-7H2,1-4H3,(H,18,20,22). The highest BCUT2D eigenvalue weighted by atomic mass is 32.2. The number of amides is 1. The van der Waals surface area contributed by atoms with Gasteiger partial charge in [0.2, 0.25) is 15.2 Å². The minimum atomic E-state index is -3.72. The average Bonchev–Trinajstić information content (AvgIpc) is 3.25. The lowest BCUT2D eigenvalue weighted by molar-refractivity contribution is 0.102. The van der Waals surface area contributed by atoms with Crippen LogP contribution in [0.4, 0.5) is 5.13 Å². The van der Waals surface area contributed by atoms with Gasteiger partial charge in [-0.1, -0.05) is 17.4 Å². The third-order valence-corrected chi connectivity index (χ3v) is 6.55. The summed E-state index contributed by atoms with van der Waals surface area (Å²) in [7, 11) is -3.72. The minimum Gasteiger partial charge on any atom is -0.296 e. The third kappa shape index (κ3) is 4.46. The number of nitrogens with zero attached hydrogens (tertiary/aromatic N) is 2. The number of benzene rings is 1. The summed E-state index contributed by atoms with van der Waals surface area (Å²) in [5.74, 6) is 0.0747. The van der Waals surface area contributed by atoms with E-state index < -0.39 is 21.5 Å². The van der Waals surface area contributed by atoms with Gasteiger partial charge < -0.3 is 0 Å². The van der Waals surface area contributed by atoms with Gasteiger partial charge in [-0.15, -0.1) is 10.2 Å². The lowest BCUT2D eigenvalue weighted by atomic mass is 10.1. The van der Waals surface area contributed by atoms with Gasteiger partial charge in [0.1, 0.15) is 5.01 Å². The predicted octanol–water partition coefficient (Wildman–Crippen LogP) is 3.05. The highest BCUT2D eigenvalue weighted by Crippen LogP contribution is 2.42. The lowest BCUT2D eigenvalue weighted by Crippen LogP contribution is -2.40. The number of carbonyl (C=O) groups is 1. The van der Waals surface area contributed by atoms with E-state index in [1.165, 1.54) is 23.5 Å². The number of anilines is 1. The predicted molar refractivity (Wildman–Crippen MR) is 101 cm³/mol. The monoisotopic (exact) mass is 394 g/mol. The Bertz CT molecular complexity index is 941. The molecule has 2 aromatic rings. The second kappa shape index (κ2) is 6.71. The molecule has 0 unspecified atom stereocenters. The normalized spacial score (nSPS) is 15.1. The molecule has 2 N–H and O–H groups in total. The molecule has 0 spiro atoms. The Labute approximate surface area is 157 Å². The third-order valence-electron chi connectivity index (χ3n) is 3.79. The minimum absolute atomic E-state index is 0.0547. The first-order chi connectivity index (χ1) is 12.0. The molecular weight excluding hydrogens is 372 g/mol. The van der Waals surface area contributed by atoms with Crippen LogP contribution >= 0.6 is 11.3 Å². The molecule has 1 aliphatic carbocycles. The number of nitrogens with one attached hydrogen (secondary N) is 2. The Morgan fingerprint density at radius 2 is 1.92 bits per heavy atom. The van der Waals surface area contributed by atoms with Crippen molar-refractivity contribution in [3.05, 3.63) is 34.3 Å². The molecule has 1 fully saturated rings. The summed E-state index contributed by atoms with van der Waals surface area (Å²) in [6.07, 6.45) is 2.23. The van der Waals surface area contributed by atoms with Crippen molar-refractivity contribution in [3.63, 3.8) is 0 Å². The van der Waals surface area contributed by atoms with E-state index in [-0.39, 0.29) is 4.90 Å². The van der Waals surface area contributed by atoms with Crippen LogP contribution < -0.4 is 10.0 Å². The van der Waals surface area contributed by atoms with Crippen molar-refractivity contribution in [3.8, 4) is 0 Å². The molecule has 7 nitrogen and oxygen atoms in total. The summed E-state index contributed by atoms with van der Waals surface area (Å²) >= 11 is 1.37. The molecule has 1 aromatic heterocycles. The summed E-state index contributed by atoms with van der Waals surface area (Å²) < 4.78 is 27.6. The highest BCUT2D eigenvalue weighted by Gasteiger charge is 2.28. The van der Waals surface area contributed by atoms with E-state index in [4.69, 9.17) is 0 Å². The van der Waals surface area contributed by atoms with E-state index in [1.54, 1.807) is 33.8 Å². The summed E-state index contributed by atoms with van der Waals surface area (Å²) in [6.45, 7) is 7.05. The Balaban J connectivity index is 1.83. The van der Waals surface area contributed by atoms with Crippen LogP contribution in [-0.2, 0) is 10.0 Å².